The molecule has 0 N–H and O–H groups in total. The van der Waals surface area contributed by atoms with E-state index < -0.39 is 48.4 Å². The molecule has 8 unspecified atom stereocenters. The van der Waals surface area contributed by atoms with E-state index in [1.165, 1.54) is 13.8 Å². The molecule has 8 atom stereocenters. The molecule has 3 aliphatic rings. The predicted molar refractivity (Wildman–Crippen MR) is 199 cm³/mol. The average molecular weight is 813 g/mol. The van der Waals surface area contributed by atoms with Crippen molar-refractivity contribution in [1.29, 1.82) is 0 Å². The van der Waals surface area contributed by atoms with Gasteiger partial charge in [-0.25, -0.2) is 29.1 Å². The van der Waals surface area contributed by atoms with Gasteiger partial charge in [-0.05, 0) is 75.0 Å². The lowest BCUT2D eigenvalue weighted by Gasteiger charge is -2.31. The Morgan fingerprint density at radius 2 is 1.10 bits per heavy atom. The normalized spacial score (nSPS) is 22.4. The minimum atomic E-state index is -1.09. The molecule has 2 heterocycles. The number of rotatable bonds is 22. The molecule has 2 aromatic heterocycles. The van der Waals surface area contributed by atoms with Gasteiger partial charge in [0.25, 0.3) is 0 Å². The first-order valence-corrected chi connectivity index (χ1v) is 19.4. The maximum atomic E-state index is 12.8. The molecule has 0 aromatic carbocycles. The Kier molecular flexibility index (Phi) is 15.9. The number of fused-ring (bicyclic) bond motifs is 5. The Hall–Kier alpha value is -5.68. The van der Waals surface area contributed by atoms with Crippen LogP contribution in [0.2, 0.25) is 0 Å². The number of aryl methyl sites for hydroxylation is 2. The summed E-state index contributed by atoms with van der Waals surface area (Å²) >= 11 is 0. The van der Waals surface area contributed by atoms with Gasteiger partial charge in [0.05, 0.1) is 38.7 Å². The van der Waals surface area contributed by atoms with E-state index in [1.807, 2.05) is 0 Å². The highest BCUT2D eigenvalue weighted by Crippen LogP contribution is 2.62. The van der Waals surface area contributed by atoms with Gasteiger partial charge in [-0.3, -0.25) is 9.59 Å². The van der Waals surface area contributed by atoms with Crippen molar-refractivity contribution in [1.82, 2.24) is 19.1 Å². The van der Waals surface area contributed by atoms with Crippen LogP contribution in [0.25, 0.3) is 0 Å². The molecule has 0 radical (unpaired) electrons. The first-order chi connectivity index (χ1) is 27.8. The highest BCUT2D eigenvalue weighted by atomic mass is 16.7. The van der Waals surface area contributed by atoms with Gasteiger partial charge in [-0.2, -0.15) is 0 Å². The third-order valence-corrected chi connectivity index (χ3v) is 10.7. The monoisotopic (exact) mass is 812 g/mol. The lowest BCUT2D eigenvalue weighted by atomic mass is 9.76. The summed E-state index contributed by atoms with van der Waals surface area (Å²) in [5.41, 5.74) is 0.323. The van der Waals surface area contributed by atoms with Crippen LogP contribution >= 0.6 is 0 Å². The number of nitrogens with zero attached hydrogens (tertiary/aromatic N) is 4. The molecule has 2 aromatic rings. The molecule has 316 valence electrons. The predicted octanol–water partition coefficient (Wildman–Crippen LogP) is 4.23. The Morgan fingerprint density at radius 3 is 1.59 bits per heavy atom. The second-order valence-corrected chi connectivity index (χ2v) is 15.1. The Labute approximate surface area is 336 Å². The van der Waals surface area contributed by atoms with E-state index in [0.29, 0.717) is 36.8 Å². The molecular weight excluding hydrogens is 760 g/mol. The number of carbonyl (C=O) groups excluding carboxylic acids is 6. The first kappa shape index (κ1) is 43.4. The molecule has 0 spiro atoms. The fourth-order valence-corrected chi connectivity index (χ4v) is 7.97. The van der Waals surface area contributed by atoms with Crippen LogP contribution in [-0.2, 0) is 70.2 Å². The molecule has 18 nitrogen and oxygen atoms in total. The van der Waals surface area contributed by atoms with Gasteiger partial charge >= 0.3 is 36.2 Å². The number of carbonyl (C=O) groups is 6. The maximum absolute atomic E-state index is 12.8. The van der Waals surface area contributed by atoms with Crippen LogP contribution in [0.1, 0.15) is 52.4 Å². The third-order valence-electron chi connectivity index (χ3n) is 10.7. The van der Waals surface area contributed by atoms with E-state index in [0.717, 1.165) is 25.7 Å². The lowest BCUT2D eigenvalue weighted by molar-refractivity contribution is -0.153. The zero-order valence-corrected chi connectivity index (χ0v) is 32.9. The largest absolute Gasteiger partial charge is 0.508 e. The zero-order valence-electron chi connectivity index (χ0n) is 32.9. The van der Waals surface area contributed by atoms with Gasteiger partial charge in [-0.15, -0.1) is 0 Å². The van der Waals surface area contributed by atoms with Crippen LogP contribution in [0.3, 0.4) is 0 Å². The quantitative estimate of drug-likeness (QED) is 0.0925. The number of aromatic nitrogens is 4. The number of hydrogen-bond acceptors (Lipinski definition) is 16. The summed E-state index contributed by atoms with van der Waals surface area (Å²) in [4.78, 5) is 82.0. The van der Waals surface area contributed by atoms with Gasteiger partial charge in [-0.1, -0.05) is 13.2 Å². The van der Waals surface area contributed by atoms with E-state index in [1.54, 1.807) is 46.6 Å². The second-order valence-electron chi connectivity index (χ2n) is 15.1. The summed E-state index contributed by atoms with van der Waals surface area (Å²) in [5.74, 6) is -0.590. The van der Waals surface area contributed by atoms with E-state index in [-0.39, 0.29) is 75.5 Å². The van der Waals surface area contributed by atoms with Gasteiger partial charge in [0, 0.05) is 49.0 Å². The molecule has 3 fully saturated rings. The molecule has 0 saturated heterocycles. The summed E-state index contributed by atoms with van der Waals surface area (Å²) in [6.45, 7) is 9.66. The molecule has 2 bridgehead atoms. The summed E-state index contributed by atoms with van der Waals surface area (Å²) in [6.07, 6.45) is 9.40. The van der Waals surface area contributed by atoms with Gasteiger partial charge in [0.15, 0.2) is 12.2 Å². The van der Waals surface area contributed by atoms with E-state index in [2.05, 4.69) is 23.1 Å². The van der Waals surface area contributed by atoms with E-state index in [4.69, 9.17) is 37.9 Å². The Balaban J connectivity index is 1.03. The van der Waals surface area contributed by atoms with E-state index >= 15 is 0 Å². The van der Waals surface area contributed by atoms with Crippen LogP contribution in [0.5, 0.6) is 0 Å². The Morgan fingerprint density at radius 1 is 0.621 bits per heavy atom. The van der Waals surface area contributed by atoms with Crippen molar-refractivity contribution in [3.05, 3.63) is 61.7 Å². The third kappa shape index (κ3) is 13.2. The fraction of sp³-hybridized carbons (Fsp3) is 0.600. The van der Waals surface area contributed by atoms with Crippen molar-refractivity contribution in [2.24, 2.45) is 35.5 Å². The summed E-state index contributed by atoms with van der Waals surface area (Å²) in [6, 6.07) is 0. The van der Waals surface area contributed by atoms with Gasteiger partial charge in [0.2, 0.25) is 0 Å². The minimum absolute atomic E-state index is 0.0605. The lowest BCUT2D eigenvalue weighted by Crippen LogP contribution is -2.33. The molecule has 5 rings (SSSR count). The van der Waals surface area contributed by atoms with Crippen molar-refractivity contribution in [2.45, 2.75) is 77.7 Å². The van der Waals surface area contributed by atoms with Gasteiger partial charge < -0.3 is 47.0 Å². The van der Waals surface area contributed by atoms with Crippen LogP contribution < -0.4 is 0 Å². The highest BCUT2D eigenvalue weighted by molar-refractivity contribution is 5.87. The molecule has 3 saturated carbocycles. The highest BCUT2D eigenvalue weighted by Gasteiger charge is 2.56. The van der Waals surface area contributed by atoms with Crippen molar-refractivity contribution < 1.29 is 66.7 Å². The molecule has 18 heteroatoms. The topological polar surface area (TPSA) is 212 Å². The van der Waals surface area contributed by atoms with E-state index in [9.17, 15) is 28.8 Å². The van der Waals surface area contributed by atoms with Crippen molar-refractivity contribution >= 4 is 36.2 Å². The molecule has 0 amide bonds. The number of imidazole rings is 2. The minimum Gasteiger partial charge on any atom is -0.462 e. The smallest absolute Gasteiger partial charge is 0.462 e. The fourth-order valence-electron chi connectivity index (χ4n) is 7.97. The average Bonchev–Trinajstić information content (AvgIpc) is 4.05. The van der Waals surface area contributed by atoms with Crippen molar-refractivity contribution in [3.8, 4) is 0 Å². The van der Waals surface area contributed by atoms with Crippen LogP contribution in [0.15, 0.2) is 61.7 Å². The number of ether oxygens (including phenoxy) is 8. The first-order valence-electron chi connectivity index (χ1n) is 19.4. The maximum Gasteiger partial charge on any atom is 0.508 e. The number of hydrogen-bond donors (Lipinski definition) is 0. The standard InChI is InChI=1S/C40H52N4O14/c1-25(2)37(47)53-21-30(19-51-35(45)5-9-43-11-7-41-23-43)57-39(49)55-17-27-13-32-28-15-29(33(16-28)34(32)14-27)18-56-40(50)58-31(22-54-38(48)26(3)4)20-52-36(46)6-10-44-12-8-42-24-44/h7-8,11-12,23-24,27-34H,1,3,5-6,9-10,13-22H2,2,4H3. The summed E-state index contributed by atoms with van der Waals surface area (Å²) < 4.78 is 46.2. The molecule has 3 aliphatic carbocycles. The van der Waals surface area contributed by atoms with Crippen molar-refractivity contribution in [3.63, 3.8) is 0 Å². The van der Waals surface area contributed by atoms with Crippen LogP contribution in [0.4, 0.5) is 9.59 Å². The van der Waals surface area contributed by atoms with Crippen LogP contribution in [0, 0.1) is 35.5 Å². The SMILES string of the molecule is C=C(C)C(=O)OCC(COC(=O)CCn1ccnc1)OC(=O)OCC1CC2C3CC(COC(=O)OC(COC(=O)CCn4ccnc4)COC(=O)C(=C)C)C(C3)C2C1. The van der Waals surface area contributed by atoms with Crippen LogP contribution in [-0.4, -0.2) is 107 Å². The van der Waals surface area contributed by atoms with Crippen molar-refractivity contribution in [2.75, 3.05) is 39.6 Å². The summed E-state index contributed by atoms with van der Waals surface area (Å²) in [7, 11) is 0. The Bertz CT molecular complexity index is 1740. The summed E-state index contributed by atoms with van der Waals surface area (Å²) in [5, 5.41) is 0. The molecular formula is C40H52N4O14. The number of esters is 4. The molecule has 58 heavy (non-hydrogen) atoms. The zero-order chi connectivity index (χ0) is 41.6. The molecule has 0 aliphatic heterocycles. The second kappa shape index (κ2) is 21.2. The van der Waals surface area contributed by atoms with Gasteiger partial charge in [0.1, 0.15) is 26.4 Å².